The third-order valence-electron chi connectivity index (χ3n) is 5.21. The maximum atomic E-state index is 12.5. The SMILES string of the molecule is CC1=C(C(=O)O)N2C(=O)C(NC(=O)Cc3ccc(C[n+]4ccccc4)cc3)C2SC1. The van der Waals surface area contributed by atoms with Crippen LogP contribution >= 0.6 is 11.8 Å². The number of carbonyl (C=O) groups excluding carboxylic acids is 2. The van der Waals surface area contributed by atoms with E-state index in [1.165, 1.54) is 16.7 Å². The number of thioether (sulfide) groups is 1. The molecule has 30 heavy (non-hydrogen) atoms. The zero-order valence-corrected chi connectivity index (χ0v) is 17.3. The van der Waals surface area contributed by atoms with Gasteiger partial charge >= 0.3 is 5.97 Å². The Kier molecular flexibility index (Phi) is 5.59. The number of carboxylic acids is 1. The molecule has 3 heterocycles. The zero-order chi connectivity index (χ0) is 21.3. The summed E-state index contributed by atoms with van der Waals surface area (Å²) in [5, 5.41) is 11.8. The van der Waals surface area contributed by atoms with Crippen LogP contribution in [0.15, 0.2) is 66.1 Å². The summed E-state index contributed by atoms with van der Waals surface area (Å²) in [6.07, 6.45) is 4.16. The van der Waals surface area contributed by atoms with Crippen LogP contribution in [0, 0.1) is 0 Å². The average molecular weight is 425 g/mol. The molecule has 2 aliphatic rings. The Bertz CT molecular complexity index is 1020. The van der Waals surface area contributed by atoms with E-state index in [2.05, 4.69) is 9.88 Å². The average Bonchev–Trinajstić information content (AvgIpc) is 2.74. The summed E-state index contributed by atoms with van der Waals surface area (Å²) in [4.78, 5) is 37.7. The first-order valence-electron chi connectivity index (χ1n) is 9.63. The van der Waals surface area contributed by atoms with Crippen LogP contribution in [-0.2, 0) is 27.3 Å². The van der Waals surface area contributed by atoms with Gasteiger partial charge in [-0.3, -0.25) is 14.5 Å². The van der Waals surface area contributed by atoms with E-state index in [0.29, 0.717) is 11.3 Å². The highest BCUT2D eigenvalue weighted by molar-refractivity contribution is 8.00. The van der Waals surface area contributed by atoms with E-state index >= 15 is 0 Å². The van der Waals surface area contributed by atoms with Crippen molar-refractivity contribution in [3.8, 4) is 0 Å². The van der Waals surface area contributed by atoms with E-state index in [1.54, 1.807) is 6.92 Å². The fourth-order valence-corrected chi connectivity index (χ4v) is 4.99. The number of nitrogens with zero attached hydrogens (tertiary/aromatic N) is 2. The fraction of sp³-hybridized carbons (Fsp3) is 0.273. The van der Waals surface area contributed by atoms with Crippen molar-refractivity contribution in [3.05, 3.63) is 77.3 Å². The first kappa shape index (κ1) is 20.2. The van der Waals surface area contributed by atoms with E-state index in [-0.39, 0.29) is 29.3 Å². The van der Waals surface area contributed by atoms with Gasteiger partial charge in [0, 0.05) is 23.4 Å². The van der Waals surface area contributed by atoms with Crippen molar-refractivity contribution in [2.24, 2.45) is 0 Å². The lowest BCUT2D eigenvalue weighted by atomic mass is 10.0. The zero-order valence-electron chi connectivity index (χ0n) is 16.4. The molecule has 1 fully saturated rings. The molecule has 0 aliphatic carbocycles. The minimum atomic E-state index is -1.11. The molecule has 1 aromatic carbocycles. The largest absolute Gasteiger partial charge is 0.477 e. The molecule has 0 bridgehead atoms. The number of hydrogen-bond acceptors (Lipinski definition) is 4. The molecule has 2 N–H and O–H groups in total. The molecule has 0 radical (unpaired) electrons. The van der Waals surface area contributed by atoms with Crippen LogP contribution in [-0.4, -0.2) is 45.0 Å². The number of β-lactam (4-membered cyclic amide) rings is 1. The molecular formula is C22H22N3O4S+. The van der Waals surface area contributed by atoms with Gasteiger partial charge in [-0.1, -0.05) is 30.3 Å². The van der Waals surface area contributed by atoms with Crippen LogP contribution in [0.5, 0.6) is 0 Å². The van der Waals surface area contributed by atoms with Crippen molar-refractivity contribution >= 4 is 29.5 Å². The first-order valence-corrected chi connectivity index (χ1v) is 10.7. The van der Waals surface area contributed by atoms with Crippen LogP contribution in [0.25, 0.3) is 0 Å². The Labute approximate surface area is 178 Å². The van der Waals surface area contributed by atoms with E-state index in [0.717, 1.165) is 17.7 Å². The molecule has 154 valence electrons. The number of carbonyl (C=O) groups is 3. The van der Waals surface area contributed by atoms with Gasteiger partial charge in [0.15, 0.2) is 18.9 Å². The lowest BCUT2D eigenvalue weighted by Gasteiger charge is -2.49. The molecule has 2 unspecified atom stereocenters. The Morgan fingerprint density at radius 3 is 2.50 bits per heavy atom. The second kappa shape index (κ2) is 8.31. The van der Waals surface area contributed by atoms with E-state index < -0.39 is 12.0 Å². The molecule has 2 atom stereocenters. The van der Waals surface area contributed by atoms with Crippen LogP contribution in [0.2, 0.25) is 0 Å². The van der Waals surface area contributed by atoms with Gasteiger partial charge in [0.05, 0.1) is 6.42 Å². The van der Waals surface area contributed by atoms with Gasteiger partial charge in [0.25, 0.3) is 5.91 Å². The normalized spacial score (nSPS) is 20.4. The predicted molar refractivity (Wildman–Crippen MR) is 111 cm³/mol. The third kappa shape index (κ3) is 3.95. The third-order valence-corrected chi connectivity index (χ3v) is 6.63. The molecule has 8 heteroatoms. The molecule has 0 saturated carbocycles. The van der Waals surface area contributed by atoms with Gasteiger partial charge in [-0.15, -0.1) is 11.8 Å². The number of nitrogens with one attached hydrogen (secondary N) is 1. The van der Waals surface area contributed by atoms with Crippen molar-refractivity contribution in [3.63, 3.8) is 0 Å². The number of aromatic nitrogens is 1. The molecule has 2 amide bonds. The molecule has 2 aliphatic heterocycles. The standard InChI is InChI=1S/C22H21N3O4S/c1-14-13-30-21-18(20(27)25(21)19(14)22(28)29)23-17(26)11-15-5-7-16(8-6-15)12-24-9-3-2-4-10-24/h2-10,18,21H,11-13H2,1H3,(H-,23,26,28,29)/p+1. The van der Waals surface area contributed by atoms with Crippen LogP contribution in [0.1, 0.15) is 18.1 Å². The summed E-state index contributed by atoms with van der Waals surface area (Å²) in [5.41, 5.74) is 2.69. The Morgan fingerprint density at radius 2 is 1.83 bits per heavy atom. The van der Waals surface area contributed by atoms with Gasteiger partial charge in [-0.05, 0) is 18.1 Å². The number of fused-ring (bicyclic) bond motifs is 1. The second-order valence-corrected chi connectivity index (χ2v) is 8.54. The van der Waals surface area contributed by atoms with Gasteiger partial charge in [-0.25, -0.2) is 9.36 Å². The minimum absolute atomic E-state index is 0.0427. The molecule has 2 aromatic rings. The summed E-state index contributed by atoms with van der Waals surface area (Å²) < 4.78 is 2.07. The predicted octanol–water partition coefficient (Wildman–Crippen LogP) is 1.32. The number of aliphatic carboxylic acids is 1. The molecule has 1 aromatic heterocycles. The number of amides is 2. The Hall–Kier alpha value is -3.13. The lowest BCUT2D eigenvalue weighted by Crippen LogP contribution is -2.70. The molecule has 1 saturated heterocycles. The Morgan fingerprint density at radius 1 is 1.17 bits per heavy atom. The highest BCUT2D eigenvalue weighted by Gasteiger charge is 2.53. The van der Waals surface area contributed by atoms with E-state index in [1.807, 2.05) is 54.9 Å². The summed E-state index contributed by atoms with van der Waals surface area (Å²) in [7, 11) is 0. The molecule has 0 spiro atoms. The van der Waals surface area contributed by atoms with Gasteiger partial charge in [0.1, 0.15) is 17.1 Å². The summed E-state index contributed by atoms with van der Waals surface area (Å²) in [6, 6.07) is 13.0. The monoisotopic (exact) mass is 424 g/mol. The number of pyridine rings is 1. The number of rotatable bonds is 6. The van der Waals surface area contributed by atoms with E-state index in [9.17, 15) is 19.5 Å². The minimum Gasteiger partial charge on any atom is -0.477 e. The fourth-order valence-electron chi connectivity index (χ4n) is 3.70. The maximum absolute atomic E-state index is 12.5. The first-order chi connectivity index (χ1) is 14.4. The van der Waals surface area contributed by atoms with Crippen molar-refractivity contribution in [1.29, 1.82) is 0 Å². The Balaban J connectivity index is 1.34. The highest BCUT2D eigenvalue weighted by atomic mass is 32.2. The van der Waals surface area contributed by atoms with Crippen molar-refractivity contribution < 1.29 is 24.1 Å². The van der Waals surface area contributed by atoms with Crippen molar-refractivity contribution in [2.75, 3.05) is 5.75 Å². The summed E-state index contributed by atoms with van der Waals surface area (Å²) >= 11 is 1.47. The van der Waals surface area contributed by atoms with Crippen molar-refractivity contribution in [2.45, 2.75) is 31.3 Å². The maximum Gasteiger partial charge on any atom is 0.352 e. The van der Waals surface area contributed by atoms with Crippen molar-refractivity contribution in [1.82, 2.24) is 10.2 Å². The molecule has 4 rings (SSSR count). The quantitative estimate of drug-likeness (QED) is 0.539. The van der Waals surface area contributed by atoms with Crippen LogP contribution in [0.3, 0.4) is 0 Å². The van der Waals surface area contributed by atoms with Gasteiger partial charge in [0.2, 0.25) is 5.91 Å². The molecule has 7 nitrogen and oxygen atoms in total. The topological polar surface area (TPSA) is 90.6 Å². The number of hydrogen-bond donors (Lipinski definition) is 2. The number of benzene rings is 1. The van der Waals surface area contributed by atoms with E-state index in [4.69, 9.17) is 0 Å². The second-order valence-electron chi connectivity index (χ2n) is 7.43. The van der Waals surface area contributed by atoms with Crippen LogP contribution in [0.4, 0.5) is 0 Å². The molecular weight excluding hydrogens is 402 g/mol. The highest BCUT2D eigenvalue weighted by Crippen LogP contribution is 2.40. The van der Waals surface area contributed by atoms with Gasteiger partial charge < -0.3 is 10.4 Å². The lowest BCUT2D eigenvalue weighted by molar-refractivity contribution is -0.688. The van der Waals surface area contributed by atoms with Gasteiger partial charge in [-0.2, -0.15) is 0 Å². The van der Waals surface area contributed by atoms with Crippen LogP contribution < -0.4 is 9.88 Å². The smallest absolute Gasteiger partial charge is 0.352 e. The summed E-state index contributed by atoms with van der Waals surface area (Å²) in [5.74, 6) is -1.19. The summed E-state index contributed by atoms with van der Waals surface area (Å²) in [6.45, 7) is 2.46. The number of carboxylic acid groups (broad SMARTS) is 1.